The van der Waals surface area contributed by atoms with E-state index in [1.807, 2.05) is 13.8 Å². The van der Waals surface area contributed by atoms with E-state index >= 15 is 0 Å². The normalized spacial score (nSPS) is 10.9. The molecule has 112 valence electrons. The highest BCUT2D eigenvalue weighted by Crippen LogP contribution is 2.12. The van der Waals surface area contributed by atoms with Crippen LogP contribution in [0.25, 0.3) is 10.4 Å². The predicted octanol–water partition coefficient (Wildman–Crippen LogP) is 2.44. The first kappa shape index (κ1) is 18.4. The number of hydrogen-bond acceptors (Lipinski definition) is 4. The van der Waals surface area contributed by atoms with Crippen LogP contribution in [-0.2, 0) is 19.9 Å². The zero-order valence-corrected chi connectivity index (χ0v) is 13.1. The van der Waals surface area contributed by atoms with Crippen LogP contribution in [0.5, 0.6) is 0 Å². The Morgan fingerprint density at radius 3 is 1.95 bits per heavy atom. The molecule has 0 atom stereocenters. The van der Waals surface area contributed by atoms with Gasteiger partial charge in [-0.05, 0) is 31.0 Å². The van der Waals surface area contributed by atoms with E-state index in [0.29, 0.717) is 5.75 Å². The van der Waals surface area contributed by atoms with Crippen LogP contribution in [0, 0.1) is 6.92 Å². The maximum atomic E-state index is 11.1. The summed E-state index contributed by atoms with van der Waals surface area (Å²) in [5, 5.41) is 0. The van der Waals surface area contributed by atoms with E-state index in [0.717, 1.165) is 12.0 Å². The van der Waals surface area contributed by atoms with E-state index in [4.69, 9.17) is 5.53 Å². The molecule has 9 heteroatoms. The van der Waals surface area contributed by atoms with Crippen molar-refractivity contribution in [1.82, 2.24) is 0 Å². The molecule has 0 radical (unpaired) electrons. The summed E-state index contributed by atoms with van der Waals surface area (Å²) in [7, 11) is -6.49. The highest BCUT2D eigenvalue weighted by molar-refractivity contribution is 7.90. The van der Waals surface area contributed by atoms with Crippen molar-refractivity contribution in [1.29, 1.82) is 0 Å². The number of hydrogen-bond donors (Lipinski definition) is 0. The molecule has 0 fully saturated rings. The molecule has 0 saturated heterocycles. The van der Waals surface area contributed by atoms with Gasteiger partial charge in [-0.25, -0.2) is 16.8 Å². The average Bonchev–Trinajstić information content (AvgIpc) is 2.28. The maximum Gasteiger partial charge on any atom is 0.264 e. The van der Waals surface area contributed by atoms with Gasteiger partial charge in [-0.15, -0.1) is 0 Å². The van der Waals surface area contributed by atoms with Gasteiger partial charge in [-0.2, -0.15) is 0 Å². The van der Waals surface area contributed by atoms with E-state index in [-0.39, 0.29) is 4.90 Å². The van der Waals surface area contributed by atoms with Gasteiger partial charge in [0.05, 0.1) is 4.90 Å². The summed E-state index contributed by atoms with van der Waals surface area (Å²) < 4.78 is 45.4. The Bertz CT molecular complexity index is 673. The Kier molecular flexibility index (Phi) is 7.26. The zero-order chi connectivity index (χ0) is 15.8. The second kappa shape index (κ2) is 7.88. The Morgan fingerprint density at radius 1 is 1.15 bits per heavy atom. The van der Waals surface area contributed by atoms with Gasteiger partial charge in [-0.1, -0.05) is 24.6 Å². The van der Waals surface area contributed by atoms with Crippen LogP contribution < -0.4 is 0 Å². The lowest BCUT2D eigenvalue weighted by molar-refractivity contribution is 0.596. The molecule has 1 aromatic rings. The Labute approximate surface area is 119 Å². The fraction of sp³-hybridized carbons (Fsp3) is 0.455. The van der Waals surface area contributed by atoms with Crippen LogP contribution in [0.1, 0.15) is 18.9 Å². The van der Waals surface area contributed by atoms with Gasteiger partial charge < -0.3 is 0 Å². The van der Waals surface area contributed by atoms with Crippen molar-refractivity contribution >= 4 is 19.9 Å². The number of aryl methyl sites for hydroxylation is 1. The monoisotopic (exact) mass is 319 g/mol. The molecule has 0 aliphatic carbocycles. The highest BCUT2D eigenvalue weighted by Gasteiger charge is 2.10. The second-order valence-corrected chi connectivity index (χ2v) is 7.93. The minimum Gasteiger partial charge on any atom is -0.229 e. The first-order valence-electron chi connectivity index (χ1n) is 5.68. The number of sulfone groups is 1. The second-order valence-electron chi connectivity index (χ2n) is 4.09. The highest BCUT2D eigenvalue weighted by atomic mass is 32.2. The first-order chi connectivity index (χ1) is 9.12. The molecule has 0 heterocycles. The average molecular weight is 319 g/mol. The van der Waals surface area contributed by atoms with Crippen LogP contribution in [0.15, 0.2) is 33.7 Å². The smallest absolute Gasteiger partial charge is 0.229 e. The van der Waals surface area contributed by atoms with Crippen LogP contribution in [0.4, 0.5) is 0 Å². The zero-order valence-electron chi connectivity index (χ0n) is 11.5. The quantitative estimate of drug-likeness (QED) is 0.481. The van der Waals surface area contributed by atoms with E-state index in [1.54, 1.807) is 12.1 Å². The summed E-state index contributed by atoms with van der Waals surface area (Å²) in [6.45, 7) is 3.69. The molecule has 0 aromatic heterocycles. The summed E-state index contributed by atoms with van der Waals surface area (Å²) in [5.74, 6) is 0.312. The van der Waals surface area contributed by atoms with Crippen molar-refractivity contribution in [3.8, 4) is 0 Å². The molecule has 20 heavy (non-hydrogen) atoms. The minimum atomic E-state index is -3.82. The topological polar surface area (TPSA) is 117 Å². The molecular formula is C11H17N3O4S2. The lowest BCUT2D eigenvalue weighted by Gasteiger charge is -1.96. The van der Waals surface area contributed by atoms with Gasteiger partial charge in [0.2, 0.25) is 0 Å². The molecule has 0 unspecified atom stereocenters. The van der Waals surface area contributed by atoms with Gasteiger partial charge >= 0.3 is 0 Å². The Balaban J connectivity index is 0.000000441. The lowest BCUT2D eigenvalue weighted by atomic mass is 10.2. The van der Waals surface area contributed by atoms with E-state index < -0.39 is 19.9 Å². The molecule has 1 rings (SSSR count). The molecule has 1 aromatic carbocycles. The largest absolute Gasteiger partial charge is 0.264 e. The van der Waals surface area contributed by atoms with Crippen molar-refractivity contribution in [2.75, 3.05) is 12.0 Å². The van der Waals surface area contributed by atoms with E-state index in [9.17, 15) is 16.8 Å². The summed E-state index contributed by atoms with van der Waals surface area (Å²) in [6, 6.07) is 6.08. The standard InChI is InChI=1S/C7H7N3O2S.C4H10O2S/c1-6-2-4-7(5-3-6)13(11,12)10-9-8;1-3-4-7(2,5)6/h2-5H,1H3;3-4H2,1-2H3. The minimum absolute atomic E-state index is 0.0101. The molecule has 0 bridgehead atoms. The van der Waals surface area contributed by atoms with Crippen LogP contribution in [-0.4, -0.2) is 28.8 Å². The van der Waals surface area contributed by atoms with Crippen molar-refractivity contribution in [2.45, 2.75) is 25.2 Å². The van der Waals surface area contributed by atoms with E-state index in [1.165, 1.54) is 18.4 Å². The number of azide groups is 1. The van der Waals surface area contributed by atoms with Gasteiger partial charge in [0, 0.05) is 21.4 Å². The Hall–Kier alpha value is -1.57. The molecular weight excluding hydrogens is 302 g/mol. The third-order valence-electron chi connectivity index (χ3n) is 2.04. The molecule has 0 spiro atoms. The molecule has 7 nitrogen and oxygen atoms in total. The summed E-state index contributed by atoms with van der Waals surface area (Å²) in [5.41, 5.74) is 8.94. The Morgan fingerprint density at radius 2 is 1.65 bits per heavy atom. The van der Waals surface area contributed by atoms with Crippen molar-refractivity contribution < 1.29 is 16.8 Å². The van der Waals surface area contributed by atoms with Gasteiger partial charge in [0.1, 0.15) is 9.84 Å². The molecule has 0 aliphatic heterocycles. The fourth-order valence-corrected chi connectivity index (χ4v) is 2.59. The van der Waals surface area contributed by atoms with Gasteiger partial charge in [-0.3, -0.25) is 0 Å². The van der Waals surface area contributed by atoms with Crippen molar-refractivity contribution in [3.63, 3.8) is 0 Å². The van der Waals surface area contributed by atoms with E-state index in [2.05, 4.69) is 9.43 Å². The third kappa shape index (κ3) is 7.78. The fourth-order valence-electron chi connectivity index (χ4n) is 1.18. The lowest BCUT2D eigenvalue weighted by Crippen LogP contribution is -2.00. The predicted molar refractivity (Wildman–Crippen MR) is 77.5 cm³/mol. The molecule has 0 saturated carbocycles. The SMILES string of the molecule is CCCS(C)(=O)=O.Cc1ccc(S(=O)(=O)N=[N+]=[N-])cc1. The summed E-state index contributed by atoms with van der Waals surface area (Å²) >= 11 is 0. The number of nitrogens with zero attached hydrogens (tertiary/aromatic N) is 3. The van der Waals surface area contributed by atoms with Crippen LogP contribution in [0.3, 0.4) is 0 Å². The van der Waals surface area contributed by atoms with Crippen molar-refractivity contribution in [2.24, 2.45) is 4.52 Å². The summed E-state index contributed by atoms with van der Waals surface area (Å²) in [4.78, 5) is 2.25. The number of rotatable bonds is 4. The number of benzene rings is 1. The maximum absolute atomic E-state index is 11.1. The molecule has 0 N–H and O–H groups in total. The van der Waals surface area contributed by atoms with Gasteiger partial charge in [0.25, 0.3) is 10.0 Å². The van der Waals surface area contributed by atoms with Crippen LogP contribution >= 0.6 is 0 Å². The summed E-state index contributed by atoms with van der Waals surface area (Å²) in [6.07, 6.45) is 1.97. The number of sulfonamides is 1. The van der Waals surface area contributed by atoms with Crippen LogP contribution in [0.2, 0.25) is 0 Å². The van der Waals surface area contributed by atoms with Crippen molar-refractivity contribution in [3.05, 3.63) is 40.3 Å². The third-order valence-corrected chi connectivity index (χ3v) is 4.34. The first-order valence-corrected chi connectivity index (χ1v) is 9.18. The molecule has 0 amide bonds. The molecule has 0 aliphatic rings. The van der Waals surface area contributed by atoms with Gasteiger partial charge in [0.15, 0.2) is 0 Å².